The lowest BCUT2D eigenvalue weighted by atomic mass is 9.69. The molecule has 2 saturated carbocycles. The van der Waals surface area contributed by atoms with Crippen LogP contribution in [0, 0.1) is 11.3 Å². The van der Waals surface area contributed by atoms with E-state index in [1.807, 2.05) is 0 Å². The molecule has 0 aliphatic heterocycles. The molecule has 0 heterocycles. The van der Waals surface area contributed by atoms with E-state index in [1.54, 1.807) is 0 Å². The maximum atomic E-state index is 11.0. The molecule has 1 spiro atoms. The highest BCUT2D eigenvalue weighted by molar-refractivity contribution is 6.01. The van der Waals surface area contributed by atoms with Crippen LogP contribution < -0.4 is 0 Å². The van der Waals surface area contributed by atoms with E-state index in [-0.39, 0.29) is 23.1 Å². The number of methoxy groups -OCH3 is 1. The van der Waals surface area contributed by atoms with Crippen LogP contribution >= 0.6 is 0 Å². The maximum Gasteiger partial charge on any atom is 0.310 e. The van der Waals surface area contributed by atoms with E-state index in [9.17, 15) is 9.59 Å². The smallest absolute Gasteiger partial charge is 0.310 e. The topological polar surface area (TPSA) is 43.4 Å². The molecule has 0 N–H and O–H groups in total. The molecule has 1 unspecified atom stereocenters. The van der Waals surface area contributed by atoms with E-state index in [1.165, 1.54) is 7.11 Å². The Kier molecular flexibility index (Phi) is 1.14. The molecule has 2 aliphatic rings. The first-order valence-corrected chi connectivity index (χ1v) is 3.82. The summed E-state index contributed by atoms with van der Waals surface area (Å²) in [6.07, 6.45) is 2.20. The van der Waals surface area contributed by atoms with Gasteiger partial charge in [0.2, 0.25) is 0 Å². The number of esters is 1. The molecule has 60 valence electrons. The van der Waals surface area contributed by atoms with Gasteiger partial charge in [0.15, 0.2) is 0 Å². The predicted molar refractivity (Wildman–Crippen MR) is 36.8 cm³/mol. The van der Waals surface area contributed by atoms with Gasteiger partial charge in [-0.3, -0.25) is 9.59 Å². The molecule has 11 heavy (non-hydrogen) atoms. The molecule has 0 aromatic carbocycles. The van der Waals surface area contributed by atoms with Gasteiger partial charge in [-0.15, -0.1) is 0 Å². The van der Waals surface area contributed by atoms with Crippen molar-refractivity contribution < 1.29 is 14.3 Å². The lowest BCUT2D eigenvalue weighted by Gasteiger charge is -2.32. The van der Waals surface area contributed by atoms with Crippen molar-refractivity contribution in [3.05, 3.63) is 0 Å². The summed E-state index contributed by atoms with van der Waals surface area (Å²) < 4.78 is 4.59. The Morgan fingerprint density at radius 3 is 2.64 bits per heavy atom. The van der Waals surface area contributed by atoms with Gasteiger partial charge in [0.05, 0.1) is 13.0 Å². The first-order valence-electron chi connectivity index (χ1n) is 3.82. The van der Waals surface area contributed by atoms with Gasteiger partial charge in [-0.05, 0) is 12.8 Å². The van der Waals surface area contributed by atoms with Crippen molar-refractivity contribution in [1.29, 1.82) is 0 Å². The Morgan fingerprint density at radius 2 is 2.27 bits per heavy atom. The summed E-state index contributed by atoms with van der Waals surface area (Å²) in [6, 6.07) is 0. The molecule has 3 heteroatoms. The summed E-state index contributed by atoms with van der Waals surface area (Å²) in [6.45, 7) is 0. The number of rotatable bonds is 1. The summed E-state index contributed by atoms with van der Waals surface area (Å²) in [5.74, 6) is -0.0602. The van der Waals surface area contributed by atoms with Crippen LogP contribution in [-0.2, 0) is 14.3 Å². The predicted octanol–water partition coefficient (Wildman–Crippen LogP) is 0.529. The van der Waals surface area contributed by atoms with Crippen LogP contribution in [0.4, 0.5) is 0 Å². The first-order chi connectivity index (χ1) is 5.20. The fourth-order valence-electron chi connectivity index (χ4n) is 1.86. The largest absolute Gasteiger partial charge is 0.469 e. The average molecular weight is 154 g/mol. The van der Waals surface area contributed by atoms with Gasteiger partial charge in [0.25, 0.3) is 0 Å². The first kappa shape index (κ1) is 6.83. The van der Waals surface area contributed by atoms with Crippen molar-refractivity contribution in [2.75, 3.05) is 7.11 Å². The number of hydrogen-bond acceptors (Lipinski definition) is 3. The zero-order valence-corrected chi connectivity index (χ0v) is 6.42. The minimum Gasteiger partial charge on any atom is -0.469 e. The molecular weight excluding hydrogens is 144 g/mol. The maximum absolute atomic E-state index is 11.0. The number of carbonyl (C=O) groups is 2. The molecule has 2 rings (SSSR count). The van der Waals surface area contributed by atoms with Crippen LogP contribution in [0.2, 0.25) is 0 Å². The molecule has 3 nitrogen and oxygen atoms in total. The van der Waals surface area contributed by atoms with Crippen LogP contribution in [0.5, 0.6) is 0 Å². The zero-order valence-electron chi connectivity index (χ0n) is 6.42. The molecule has 0 aromatic heterocycles. The lowest BCUT2D eigenvalue weighted by Crippen LogP contribution is -2.44. The van der Waals surface area contributed by atoms with Gasteiger partial charge >= 0.3 is 5.97 Å². The van der Waals surface area contributed by atoms with Crippen LogP contribution in [0.1, 0.15) is 19.3 Å². The monoisotopic (exact) mass is 154 g/mol. The number of hydrogen-bond donors (Lipinski definition) is 0. The van der Waals surface area contributed by atoms with Crippen molar-refractivity contribution in [1.82, 2.24) is 0 Å². The van der Waals surface area contributed by atoms with E-state index >= 15 is 0 Å². The molecule has 2 fully saturated rings. The minimum absolute atomic E-state index is 0.111. The van der Waals surface area contributed by atoms with E-state index in [0.29, 0.717) is 6.42 Å². The van der Waals surface area contributed by atoms with Gasteiger partial charge in [0.1, 0.15) is 5.78 Å². The van der Waals surface area contributed by atoms with Gasteiger partial charge in [-0.2, -0.15) is 0 Å². The third kappa shape index (κ3) is 0.682. The van der Waals surface area contributed by atoms with Crippen molar-refractivity contribution >= 4 is 11.8 Å². The fraction of sp³-hybridized carbons (Fsp3) is 0.750. The number of ether oxygens (including phenoxy) is 1. The minimum atomic E-state index is -0.243. The molecule has 0 radical (unpaired) electrons. The highest BCUT2D eigenvalue weighted by Crippen LogP contribution is 2.62. The summed E-state index contributed by atoms with van der Waals surface area (Å²) in [5, 5.41) is 0. The standard InChI is InChI=1S/C8H10O3/c1-11-7(10)5-4-6(9)8(5)2-3-8/h5H,2-4H2,1H3. The Hall–Kier alpha value is -0.860. The highest BCUT2D eigenvalue weighted by Gasteiger charge is 2.65. The molecule has 2 aliphatic carbocycles. The Bertz CT molecular complexity index is 227. The van der Waals surface area contributed by atoms with Crippen molar-refractivity contribution in [2.45, 2.75) is 19.3 Å². The third-order valence-corrected chi connectivity index (χ3v) is 2.89. The van der Waals surface area contributed by atoms with E-state index in [4.69, 9.17) is 0 Å². The SMILES string of the molecule is COC(=O)C1CC(=O)C12CC2. The van der Waals surface area contributed by atoms with Crippen LogP contribution in [0.15, 0.2) is 0 Å². The second-order valence-electron chi connectivity index (χ2n) is 3.36. The summed E-state index contributed by atoms with van der Waals surface area (Å²) >= 11 is 0. The van der Waals surface area contributed by atoms with E-state index < -0.39 is 0 Å². The summed E-state index contributed by atoms with van der Waals surface area (Å²) in [7, 11) is 1.38. The Morgan fingerprint density at radius 1 is 1.64 bits per heavy atom. The quantitative estimate of drug-likeness (QED) is 0.517. The highest BCUT2D eigenvalue weighted by atomic mass is 16.5. The van der Waals surface area contributed by atoms with E-state index in [2.05, 4.69) is 4.74 Å². The van der Waals surface area contributed by atoms with Gasteiger partial charge in [-0.25, -0.2) is 0 Å². The number of Topliss-reactive ketones (excluding diaryl/α,β-unsaturated/α-hetero) is 1. The molecule has 0 aromatic rings. The molecule has 1 atom stereocenters. The molecule has 0 bridgehead atoms. The average Bonchev–Trinajstić information content (AvgIpc) is 2.79. The fourth-order valence-corrected chi connectivity index (χ4v) is 1.86. The van der Waals surface area contributed by atoms with Crippen molar-refractivity contribution in [2.24, 2.45) is 11.3 Å². The molecule has 0 amide bonds. The van der Waals surface area contributed by atoms with Crippen LogP contribution in [0.25, 0.3) is 0 Å². The molecule has 0 saturated heterocycles. The van der Waals surface area contributed by atoms with Crippen LogP contribution in [-0.4, -0.2) is 18.9 Å². The molecular formula is C8H10O3. The Labute approximate surface area is 64.7 Å². The Balaban J connectivity index is 2.09. The second kappa shape index (κ2) is 1.84. The van der Waals surface area contributed by atoms with Crippen molar-refractivity contribution in [3.63, 3.8) is 0 Å². The number of ketones is 1. The van der Waals surface area contributed by atoms with Gasteiger partial charge in [-0.1, -0.05) is 0 Å². The zero-order chi connectivity index (χ0) is 8.06. The number of carbonyl (C=O) groups excluding carboxylic acids is 2. The van der Waals surface area contributed by atoms with Gasteiger partial charge in [0, 0.05) is 11.8 Å². The van der Waals surface area contributed by atoms with Gasteiger partial charge < -0.3 is 4.74 Å². The van der Waals surface area contributed by atoms with Crippen LogP contribution in [0.3, 0.4) is 0 Å². The summed E-state index contributed by atoms with van der Waals surface area (Å²) in [5.41, 5.74) is -0.243. The summed E-state index contributed by atoms with van der Waals surface area (Å²) in [4.78, 5) is 22.1. The lowest BCUT2D eigenvalue weighted by molar-refractivity contribution is -0.160. The van der Waals surface area contributed by atoms with Crippen molar-refractivity contribution in [3.8, 4) is 0 Å². The van der Waals surface area contributed by atoms with E-state index in [0.717, 1.165) is 12.8 Å². The third-order valence-electron chi connectivity index (χ3n) is 2.89. The normalized spacial score (nSPS) is 31.4. The second-order valence-corrected chi connectivity index (χ2v) is 3.36.